The van der Waals surface area contributed by atoms with Gasteiger partial charge in [-0.05, 0) is 66.4 Å². The minimum Gasteiger partial charge on any atom is -0.352 e. The quantitative estimate of drug-likeness (QED) is 0.161. The lowest BCUT2D eigenvalue weighted by Crippen LogP contribution is -2.54. The van der Waals surface area contributed by atoms with E-state index in [0.29, 0.717) is 15.9 Å². The third-order valence-electron chi connectivity index (χ3n) is 8.38. The molecule has 0 aliphatic heterocycles. The van der Waals surface area contributed by atoms with Crippen LogP contribution < -0.4 is 9.62 Å². The summed E-state index contributed by atoms with van der Waals surface area (Å²) in [6.45, 7) is -1.07. The van der Waals surface area contributed by atoms with E-state index < -0.39 is 46.2 Å². The molecule has 0 bridgehead atoms. The smallest absolute Gasteiger partial charge is 0.352 e. The Labute approximate surface area is 293 Å². The number of nitrogens with zero attached hydrogens (tertiary/aromatic N) is 2. The molecule has 2 amide bonds. The van der Waals surface area contributed by atoms with Gasteiger partial charge in [0.05, 0.1) is 26.2 Å². The Morgan fingerprint density at radius 2 is 1.47 bits per heavy atom. The molecule has 1 N–H and O–H groups in total. The number of nitrogens with one attached hydrogen (secondary N) is 1. The van der Waals surface area contributed by atoms with Crippen molar-refractivity contribution in [1.82, 2.24) is 10.2 Å². The van der Waals surface area contributed by atoms with Crippen LogP contribution in [0.5, 0.6) is 0 Å². The molecule has 4 aromatic rings. The van der Waals surface area contributed by atoms with Crippen LogP contribution in [0.3, 0.4) is 0 Å². The van der Waals surface area contributed by atoms with Crippen LogP contribution in [0.2, 0.25) is 10.0 Å². The molecule has 13 heteroatoms. The maximum atomic E-state index is 14.6. The van der Waals surface area contributed by atoms with E-state index in [-0.39, 0.29) is 39.6 Å². The Morgan fingerprint density at radius 3 is 2.10 bits per heavy atom. The van der Waals surface area contributed by atoms with Crippen molar-refractivity contribution in [3.05, 3.63) is 130 Å². The maximum absolute atomic E-state index is 14.6. The van der Waals surface area contributed by atoms with Gasteiger partial charge in [-0.15, -0.1) is 0 Å². The molecule has 0 unspecified atom stereocenters. The Balaban J connectivity index is 1.60. The van der Waals surface area contributed by atoms with Crippen molar-refractivity contribution < 1.29 is 31.2 Å². The van der Waals surface area contributed by atoms with Gasteiger partial charge in [0.15, 0.2) is 0 Å². The van der Waals surface area contributed by atoms with Gasteiger partial charge in [0, 0.05) is 19.0 Å². The lowest BCUT2D eigenvalue weighted by molar-refractivity contribution is -0.140. The highest BCUT2D eigenvalue weighted by molar-refractivity contribution is 7.92. The number of anilines is 1. The summed E-state index contributed by atoms with van der Waals surface area (Å²) < 4.78 is 70.2. The minimum absolute atomic E-state index is 0.0848. The Bertz CT molecular complexity index is 1870. The van der Waals surface area contributed by atoms with Crippen LogP contribution in [0.4, 0.5) is 18.9 Å². The average Bonchev–Trinajstić information content (AvgIpc) is 3.60. The van der Waals surface area contributed by atoms with Crippen LogP contribution in [0.15, 0.2) is 108 Å². The number of carbonyl (C=O) groups excluding carboxylic acids is 2. The number of hydrogen-bond acceptors (Lipinski definition) is 4. The fourth-order valence-electron chi connectivity index (χ4n) is 5.84. The zero-order valence-electron chi connectivity index (χ0n) is 26.2. The maximum Gasteiger partial charge on any atom is 0.416 e. The first-order chi connectivity index (χ1) is 23.3. The summed E-state index contributed by atoms with van der Waals surface area (Å²) in [6, 6.07) is 23.5. The SMILES string of the molecule is O=C(NC1CCCC1)[C@@H](Cc1ccccc1)N(Cc1ccc(Cl)c(Cl)c1)C(=O)CN(c1cccc(C(F)(F)F)c1)S(=O)(=O)c1ccccc1. The van der Waals surface area contributed by atoms with Gasteiger partial charge in [-0.25, -0.2) is 8.42 Å². The molecule has 0 saturated heterocycles. The molecule has 1 aliphatic rings. The number of amides is 2. The van der Waals surface area contributed by atoms with E-state index in [9.17, 15) is 31.2 Å². The first-order valence-corrected chi connectivity index (χ1v) is 17.9. The van der Waals surface area contributed by atoms with Gasteiger partial charge in [0.2, 0.25) is 11.8 Å². The molecule has 0 aromatic heterocycles. The molecule has 258 valence electrons. The third kappa shape index (κ3) is 9.14. The summed E-state index contributed by atoms with van der Waals surface area (Å²) in [4.78, 5) is 29.7. The number of hydrogen-bond donors (Lipinski definition) is 1. The zero-order chi connectivity index (χ0) is 35.2. The summed E-state index contributed by atoms with van der Waals surface area (Å²) in [6.07, 6.45) is -1.23. The summed E-state index contributed by atoms with van der Waals surface area (Å²) in [5.41, 5.74) is -0.202. The van der Waals surface area contributed by atoms with E-state index in [4.69, 9.17) is 23.2 Å². The van der Waals surface area contributed by atoms with E-state index in [2.05, 4.69) is 5.32 Å². The fourth-order valence-corrected chi connectivity index (χ4v) is 7.59. The van der Waals surface area contributed by atoms with Crippen molar-refractivity contribution in [2.24, 2.45) is 0 Å². The van der Waals surface area contributed by atoms with E-state index in [0.717, 1.165) is 43.4 Å². The Hall–Kier alpha value is -4.06. The molecule has 4 aromatic carbocycles. The second-order valence-electron chi connectivity index (χ2n) is 11.8. The first kappa shape index (κ1) is 36.2. The van der Waals surface area contributed by atoms with Gasteiger partial charge >= 0.3 is 6.18 Å². The van der Waals surface area contributed by atoms with Crippen LogP contribution in [0.1, 0.15) is 42.4 Å². The monoisotopic (exact) mass is 731 g/mol. The molecule has 7 nitrogen and oxygen atoms in total. The van der Waals surface area contributed by atoms with Gasteiger partial charge < -0.3 is 10.2 Å². The summed E-state index contributed by atoms with van der Waals surface area (Å²) in [7, 11) is -4.57. The molecule has 0 spiro atoms. The highest BCUT2D eigenvalue weighted by Crippen LogP contribution is 2.34. The van der Waals surface area contributed by atoms with Crippen molar-refractivity contribution in [2.75, 3.05) is 10.8 Å². The van der Waals surface area contributed by atoms with E-state index >= 15 is 0 Å². The summed E-state index contributed by atoms with van der Waals surface area (Å²) >= 11 is 12.5. The summed E-state index contributed by atoms with van der Waals surface area (Å²) in [5.74, 6) is -1.24. The number of benzene rings is 4. The number of rotatable bonds is 12. The second-order valence-corrected chi connectivity index (χ2v) is 14.5. The molecule has 1 aliphatic carbocycles. The summed E-state index contributed by atoms with van der Waals surface area (Å²) in [5, 5.41) is 3.55. The largest absolute Gasteiger partial charge is 0.416 e. The lowest BCUT2D eigenvalue weighted by atomic mass is 10.0. The Morgan fingerprint density at radius 1 is 0.816 bits per heavy atom. The van der Waals surface area contributed by atoms with E-state index in [1.54, 1.807) is 36.4 Å². The number of halogens is 5. The van der Waals surface area contributed by atoms with Gasteiger partial charge in [-0.2, -0.15) is 13.2 Å². The highest BCUT2D eigenvalue weighted by Gasteiger charge is 2.37. The number of carbonyl (C=O) groups is 2. The van der Waals surface area contributed by atoms with Crippen molar-refractivity contribution in [3.8, 4) is 0 Å². The van der Waals surface area contributed by atoms with Crippen LogP contribution in [0, 0.1) is 0 Å². The van der Waals surface area contributed by atoms with Gasteiger partial charge in [-0.1, -0.05) is 96.7 Å². The van der Waals surface area contributed by atoms with Gasteiger partial charge in [0.1, 0.15) is 12.6 Å². The average molecular weight is 733 g/mol. The van der Waals surface area contributed by atoms with Crippen LogP contribution in [0.25, 0.3) is 0 Å². The molecule has 0 heterocycles. The molecule has 0 radical (unpaired) electrons. The minimum atomic E-state index is -4.78. The molecule has 5 rings (SSSR count). The van der Waals surface area contributed by atoms with Crippen molar-refractivity contribution in [1.29, 1.82) is 0 Å². The fraction of sp³-hybridized carbons (Fsp3) is 0.278. The van der Waals surface area contributed by atoms with Crippen molar-refractivity contribution in [2.45, 2.75) is 61.8 Å². The Kier molecular flexibility index (Phi) is 11.6. The number of sulfonamides is 1. The third-order valence-corrected chi connectivity index (χ3v) is 10.9. The normalized spacial score (nSPS) is 14.3. The second kappa shape index (κ2) is 15.7. The van der Waals surface area contributed by atoms with Gasteiger partial charge in [0.25, 0.3) is 10.0 Å². The molecule has 49 heavy (non-hydrogen) atoms. The molecule has 1 atom stereocenters. The lowest BCUT2D eigenvalue weighted by Gasteiger charge is -2.34. The molecular weight excluding hydrogens is 698 g/mol. The number of alkyl halides is 3. The van der Waals surface area contributed by atoms with Crippen LogP contribution >= 0.6 is 23.2 Å². The van der Waals surface area contributed by atoms with E-state index in [1.807, 2.05) is 18.2 Å². The first-order valence-electron chi connectivity index (χ1n) is 15.7. The molecular formula is C36H34Cl2F3N3O4S. The molecule has 1 fully saturated rings. The molecule has 1 saturated carbocycles. The van der Waals surface area contributed by atoms with E-state index in [1.165, 1.54) is 35.2 Å². The van der Waals surface area contributed by atoms with Crippen molar-refractivity contribution in [3.63, 3.8) is 0 Å². The topological polar surface area (TPSA) is 86.8 Å². The van der Waals surface area contributed by atoms with Crippen LogP contribution in [-0.2, 0) is 38.8 Å². The zero-order valence-corrected chi connectivity index (χ0v) is 28.6. The predicted octanol–water partition coefficient (Wildman–Crippen LogP) is 7.91. The van der Waals surface area contributed by atoms with Crippen molar-refractivity contribution >= 4 is 50.7 Å². The van der Waals surface area contributed by atoms with Gasteiger partial charge in [-0.3, -0.25) is 13.9 Å². The highest BCUT2D eigenvalue weighted by atomic mass is 35.5. The standard InChI is InChI=1S/C36H34Cl2F3N3O4S/c37-31-19-18-26(20-32(31)38)23-43(33(21-25-10-3-1-4-11-25)35(46)42-28-13-7-8-14-28)34(45)24-44(49(47,48)30-16-5-2-6-17-30)29-15-9-12-27(22-29)36(39,40)41/h1-6,9-12,15-20,22,28,33H,7-8,13-14,21,23-24H2,(H,42,46)/t33-/m1/s1. The van der Waals surface area contributed by atoms with Crippen LogP contribution in [-0.4, -0.2) is 43.8 Å². The predicted molar refractivity (Wildman–Crippen MR) is 184 cm³/mol.